The van der Waals surface area contributed by atoms with E-state index in [1.165, 1.54) is 4.90 Å². The molecule has 8 heteroatoms. The molecule has 37 heavy (non-hydrogen) atoms. The van der Waals surface area contributed by atoms with Crippen LogP contribution in [0.25, 0.3) is 22.3 Å². The summed E-state index contributed by atoms with van der Waals surface area (Å²) in [6, 6.07) is 11.2. The second kappa shape index (κ2) is 9.32. The monoisotopic (exact) mass is 503 g/mol. The molecule has 5 rings (SSSR count). The molecule has 0 N–H and O–H groups in total. The first-order valence-corrected chi connectivity index (χ1v) is 12.9. The number of hydrogen-bond donors (Lipinski definition) is 0. The summed E-state index contributed by atoms with van der Waals surface area (Å²) in [6.45, 7) is 10.00. The first-order chi connectivity index (χ1) is 17.6. The van der Waals surface area contributed by atoms with Gasteiger partial charge in [-0.15, -0.1) is 0 Å². The van der Waals surface area contributed by atoms with E-state index in [1.807, 2.05) is 37.3 Å². The van der Waals surface area contributed by atoms with Crippen LogP contribution in [-0.2, 0) is 20.8 Å². The number of aromatic nitrogens is 2. The number of benzene rings is 1. The van der Waals surface area contributed by atoms with Crippen LogP contribution in [0.2, 0.25) is 0 Å². The molecule has 0 radical (unpaired) electrons. The molecule has 194 valence electrons. The fraction of sp³-hybridized carbons (Fsp3) is 0.448. The first-order valence-electron chi connectivity index (χ1n) is 12.9. The van der Waals surface area contributed by atoms with E-state index in [9.17, 15) is 14.4 Å². The van der Waals surface area contributed by atoms with E-state index >= 15 is 0 Å². The van der Waals surface area contributed by atoms with E-state index in [4.69, 9.17) is 14.5 Å². The number of nitrogens with zero attached hydrogens (tertiary/aromatic N) is 3. The Morgan fingerprint density at radius 3 is 2.68 bits per heavy atom. The number of para-hydroxylation sites is 1. The molecule has 1 amide bonds. The van der Waals surface area contributed by atoms with Crippen LogP contribution >= 0.6 is 0 Å². The summed E-state index contributed by atoms with van der Waals surface area (Å²) in [5, 5.41) is 1.03. The Morgan fingerprint density at radius 1 is 1.19 bits per heavy atom. The molecule has 1 fully saturated rings. The number of pyridine rings is 2. The average Bonchev–Trinajstić information content (AvgIpc) is 3.48. The van der Waals surface area contributed by atoms with Gasteiger partial charge in [0.15, 0.2) is 0 Å². The molecular formula is C29H33N3O5. The maximum atomic E-state index is 13.4. The Hall–Kier alpha value is -3.68. The molecule has 8 nitrogen and oxygen atoms in total. The van der Waals surface area contributed by atoms with Crippen molar-refractivity contribution in [1.82, 2.24) is 14.5 Å². The van der Waals surface area contributed by atoms with Crippen molar-refractivity contribution in [2.24, 2.45) is 0 Å². The molecule has 2 aliphatic rings. The van der Waals surface area contributed by atoms with Crippen molar-refractivity contribution in [2.45, 2.75) is 78.2 Å². The number of fused-ring (bicyclic) bond motifs is 4. The lowest BCUT2D eigenvalue weighted by Crippen LogP contribution is -2.44. The van der Waals surface area contributed by atoms with Gasteiger partial charge in [0.05, 0.1) is 23.4 Å². The zero-order valence-corrected chi connectivity index (χ0v) is 22.0. The van der Waals surface area contributed by atoms with Gasteiger partial charge in [0.2, 0.25) is 0 Å². The van der Waals surface area contributed by atoms with Gasteiger partial charge < -0.3 is 14.0 Å². The number of hydrogen-bond acceptors (Lipinski definition) is 6. The summed E-state index contributed by atoms with van der Waals surface area (Å²) < 4.78 is 13.2. The standard InChI is InChI=1S/C29H33N3O5/c1-6-24(36-27(34)22-12-9-13-31(22)28(35)37-29(3,4)5)20-15-23-25-19(16-32(23)26(33)17(20)2)14-18-10-7-8-11-21(18)30-25/h7-8,10-11,14-15,22,24H,6,9,12-13,16H2,1-5H3/t22-,24?/m0/s1. The van der Waals surface area contributed by atoms with Gasteiger partial charge in [0.1, 0.15) is 17.7 Å². The van der Waals surface area contributed by atoms with Gasteiger partial charge in [-0.2, -0.15) is 0 Å². The molecule has 1 aromatic carbocycles. The van der Waals surface area contributed by atoms with Crippen molar-refractivity contribution in [3.05, 3.63) is 63.4 Å². The molecular weight excluding hydrogens is 470 g/mol. The summed E-state index contributed by atoms with van der Waals surface area (Å²) in [5.41, 5.74) is 3.84. The number of ether oxygens (including phenoxy) is 2. The third-order valence-corrected chi connectivity index (χ3v) is 7.08. The number of likely N-dealkylation sites (tertiary alicyclic amines) is 1. The largest absolute Gasteiger partial charge is 0.456 e. The quantitative estimate of drug-likeness (QED) is 0.359. The van der Waals surface area contributed by atoms with Crippen LogP contribution in [0, 0.1) is 6.92 Å². The van der Waals surface area contributed by atoms with Gasteiger partial charge in [-0.25, -0.2) is 14.6 Å². The van der Waals surface area contributed by atoms with Crippen LogP contribution in [-0.4, -0.2) is 44.7 Å². The Kier molecular flexibility index (Phi) is 6.30. The first kappa shape index (κ1) is 25.0. The zero-order chi connectivity index (χ0) is 26.5. The molecule has 0 aliphatic carbocycles. The minimum absolute atomic E-state index is 0.111. The highest BCUT2D eigenvalue weighted by atomic mass is 16.6. The van der Waals surface area contributed by atoms with Gasteiger partial charge >= 0.3 is 12.1 Å². The van der Waals surface area contributed by atoms with Crippen molar-refractivity contribution in [2.75, 3.05) is 6.54 Å². The molecule has 0 saturated carbocycles. The van der Waals surface area contributed by atoms with Gasteiger partial charge in [-0.3, -0.25) is 9.69 Å². The van der Waals surface area contributed by atoms with E-state index in [0.29, 0.717) is 43.5 Å². The fourth-order valence-electron chi connectivity index (χ4n) is 5.27. The summed E-state index contributed by atoms with van der Waals surface area (Å²) in [6.07, 6.45) is 0.585. The molecule has 2 aliphatic heterocycles. The molecule has 3 aromatic rings. The van der Waals surface area contributed by atoms with E-state index in [-0.39, 0.29) is 5.56 Å². The molecule has 1 saturated heterocycles. The topological polar surface area (TPSA) is 90.7 Å². The highest BCUT2D eigenvalue weighted by Crippen LogP contribution is 2.35. The Balaban J connectivity index is 1.45. The molecule has 4 heterocycles. The third-order valence-electron chi connectivity index (χ3n) is 7.08. The highest BCUT2D eigenvalue weighted by Gasteiger charge is 2.39. The van der Waals surface area contributed by atoms with Crippen LogP contribution < -0.4 is 5.56 Å². The lowest BCUT2D eigenvalue weighted by molar-refractivity contribution is -0.155. The number of amides is 1. The van der Waals surface area contributed by atoms with Crippen molar-refractivity contribution in [3.8, 4) is 11.4 Å². The molecule has 0 bridgehead atoms. The summed E-state index contributed by atoms with van der Waals surface area (Å²) in [4.78, 5) is 45.7. The predicted molar refractivity (Wildman–Crippen MR) is 140 cm³/mol. The van der Waals surface area contributed by atoms with E-state index < -0.39 is 29.8 Å². The van der Waals surface area contributed by atoms with E-state index in [1.54, 1.807) is 32.3 Å². The highest BCUT2D eigenvalue weighted by molar-refractivity contribution is 5.84. The van der Waals surface area contributed by atoms with Gasteiger partial charge in [-0.1, -0.05) is 25.1 Å². The number of carbonyl (C=O) groups is 2. The Morgan fingerprint density at radius 2 is 1.95 bits per heavy atom. The van der Waals surface area contributed by atoms with Crippen LogP contribution in [0.3, 0.4) is 0 Å². The summed E-state index contributed by atoms with van der Waals surface area (Å²) in [5.74, 6) is -0.472. The Labute approximate surface area is 216 Å². The van der Waals surface area contributed by atoms with Crippen molar-refractivity contribution >= 4 is 23.0 Å². The van der Waals surface area contributed by atoms with E-state index in [0.717, 1.165) is 27.9 Å². The molecule has 2 aromatic heterocycles. The maximum absolute atomic E-state index is 13.4. The predicted octanol–water partition coefficient (Wildman–Crippen LogP) is 5.13. The normalized spacial score (nSPS) is 17.4. The molecule has 1 unspecified atom stereocenters. The minimum atomic E-state index is -0.700. The lowest BCUT2D eigenvalue weighted by atomic mass is 10.0. The summed E-state index contributed by atoms with van der Waals surface area (Å²) in [7, 11) is 0. The summed E-state index contributed by atoms with van der Waals surface area (Å²) >= 11 is 0. The van der Waals surface area contributed by atoms with E-state index in [2.05, 4.69) is 6.07 Å². The minimum Gasteiger partial charge on any atom is -0.456 e. The van der Waals surface area contributed by atoms with Gasteiger partial charge in [0, 0.05) is 28.6 Å². The average molecular weight is 504 g/mol. The van der Waals surface area contributed by atoms with Crippen molar-refractivity contribution in [1.29, 1.82) is 0 Å². The third kappa shape index (κ3) is 4.61. The second-order valence-corrected chi connectivity index (χ2v) is 10.9. The van der Waals surface area contributed by atoms with Crippen LogP contribution in [0.4, 0.5) is 4.79 Å². The van der Waals surface area contributed by atoms with Crippen molar-refractivity contribution in [3.63, 3.8) is 0 Å². The molecule has 0 spiro atoms. The second-order valence-electron chi connectivity index (χ2n) is 10.9. The Bertz CT molecular complexity index is 1450. The van der Waals surface area contributed by atoms with Crippen LogP contribution in [0.1, 0.15) is 69.8 Å². The maximum Gasteiger partial charge on any atom is 0.411 e. The van der Waals surface area contributed by atoms with Gasteiger partial charge in [-0.05, 0) is 65.2 Å². The number of esters is 1. The fourth-order valence-corrected chi connectivity index (χ4v) is 5.27. The van der Waals surface area contributed by atoms with Crippen LogP contribution in [0.15, 0.2) is 41.2 Å². The number of rotatable bonds is 4. The SMILES string of the molecule is CCC(OC(=O)[C@@H]1CCCN1C(=O)OC(C)(C)C)c1cc2n(c(=O)c1C)Cc1cc3ccccc3nc1-2. The van der Waals surface area contributed by atoms with Gasteiger partial charge in [0.25, 0.3) is 5.56 Å². The van der Waals surface area contributed by atoms with Crippen LogP contribution in [0.5, 0.6) is 0 Å². The van der Waals surface area contributed by atoms with Crippen molar-refractivity contribution < 1.29 is 19.1 Å². The molecule has 2 atom stereocenters. The zero-order valence-electron chi connectivity index (χ0n) is 22.0. The lowest BCUT2D eigenvalue weighted by Gasteiger charge is -2.29. The number of carbonyl (C=O) groups excluding carboxylic acids is 2. The smallest absolute Gasteiger partial charge is 0.411 e.